The van der Waals surface area contributed by atoms with Gasteiger partial charge in [0.1, 0.15) is 12.4 Å². The van der Waals surface area contributed by atoms with Crippen LogP contribution in [0.3, 0.4) is 0 Å². The molecule has 0 aromatic heterocycles. The highest BCUT2D eigenvalue weighted by Crippen LogP contribution is 2.22. The largest absolute Gasteiger partial charge is 0.492 e. The first-order chi connectivity index (χ1) is 5.74. The Balaban J connectivity index is 2.75. The second kappa shape index (κ2) is 4.48. The van der Waals surface area contributed by atoms with Crippen LogP contribution in [-0.2, 0) is 0 Å². The molecule has 2 N–H and O–H groups in total. The van der Waals surface area contributed by atoms with Gasteiger partial charge in [-0.05, 0) is 24.6 Å². The first kappa shape index (κ1) is 9.55. The van der Waals surface area contributed by atoms with Crippen LogP contribution in [0.2, 0.25) is 0 Å². The van der Waals surface area contributed by atoms with Crippen LogP contribution in [0, 0.1) is 6.92 Å². The number of benzene rings is 1. The monoisotopic (exact) mass is 229 g/mol. The summed E-state index contributed by atoms with van der Waals surface area (Å²) in [7, 11) is 0. The Kier molecular flexibility index (Phi) is 3.56. The molecule has 0 fully saturated rings. The highest BCUT2D eigenvalue weighted by atomic mass is 79.9. The van der Waals surface area contributed by atoms with Crippen molar-refractivity contribution < 1.29 is 4.74 Å². The second-order valence-corrected chi connectivity index (χ2v) is 3.46. The molecule has 0 atom stereocenters. The lowest BCUT2D eigenvalue weighted by Gasteiger charge is -2.07. The quantitative estimate of drug-likeness (QED) is 0.862. The molecule has 0 bridgehead atoms. The van der Waals surface area contributed by atoms with Gasteiger partial charge in [-0.1, -0.05) is 22.0 Å². The summed E-state index contributed by atoms with van der Waals surface area (Å²) in [6, 6.07) is 5.95. The topological polar surface area (TPSA) is 35.2 Å². The van der Waals surface area contributed by atoms with Crippen LogP contribution >= 0.6 is 15.9 Å². The Labute approximate surface area is 80.8 Å². The first-order valence-electron chi connectivity index (χ1n) is 3.83. The Morgan fingerprint density at radius 3 is 2.92 bits per heavy atom. The van der Waals surface area contributed by atoms with Crippen LogP contribution in [0.15, 0.2) is 22.7 Å². The third-order valence-corrected chi connectivity index (χ3v) is 2.02. The Morgan fingerprint density at radius 2 is 2.25 bits per heavy atom. The molecule has 0 aliphatic carbocycles. The van der Waals surface area contributed by atoms with E-state index in [4.69, 9.17) is 10.5 Å². The van der Waals surface area contributed by atoms with Gasteiger partial charge in [0.25, 0.3) is 0 Å². The van der Waals surface area contributed by atoms with Gasteiger partial charge < -0.3 is 10.5 Å². The van der Waals surface area contributed by atoms with Gasteiger partial charge in [0, 0.05) is 11.0 Å². The zero-order chi connectivity index (χ0) is 8.97. The van der Waals surface area contributed by atoms with Crippen molar-refractivity contribution in [3.63, 3.8) is 0 Å². The van der Waals surface area contributed by atoms with Crippen molar-refractivity contribution in [3.05, 3.63) is 28.2 Å². The summed E-state index contributed by atoms with van der Waals surface area (Å²) < 4.78 is 6.44. The number of hydrogen-bond acceptors (Lipinski definition) is 2. The van der Waals surface area contributed by atoms with Gasteiger partial charge in [-0.3, -0.25) is 0 Å². The molecule has 3 heteroatoms. The molecule has 0 radical (unpaired) electrons. The van der Waals surface area contributed by atoms with Gasteiger partial charge in [-0.25, -0.2) is 0 Å². The van der Waals surface area contributed by atoms with E-state index in [0.29, 0.717) is 13.2 Å². The fraction of sp³-hybridized carbons (Fsp3) is 0.333. The van der Waals surface area contributed by atoms with E-state index in [1.807, 2.05) is 25.1 Å². The fourth-order valence-corrected chi connectivity index (χ4v) is 1.24. The van der Waals surface area contributed by atoms with E-state index in [2.05, 4.69) is 15.9 Å². The normalized spacial score (nSPS) is 9.92. The average Bonchev–Trinajstić information content (AvgIpc) is 2.07. The molecule has 1 aromatic carbocycles. The van der Waals surface area contributed by atoms with Gasteiger partial charge in [-0.2, -0.15) is 0 Å². The molecule has 0 heterocycles. The molecule has 0 saturated carbocycles. The van der Waals surface area contributed by atoms with E-state index in [9.17, 15) is 0 Å². The standard InChI is InChI=1S/C9H12BrNO/c1-7-2-3-8(10)6-9(7)12-5-4-11/h2-3,6H,4-5,11H2,1H3. The zero-order valence-electron chi connectivity index (χ0n) is 7.01. The van der Waals surface area contributed by atoms with Crippen LogP contribution in [0.1, 0.15) is 5.56 Å². The first-order valence-corrected chi connectivity index (χ1v) is 4.62. The summed E-state index contributed by atoms with van der Waals surface area (Å²) >= 11 is 3.38. The number of nitrogens with two attached hydrogens (primary N) is 1. The number of halogens is 1. The summed E-state index contributed by atoms with van der Waals surface area (Å²) in [5.74, 6) is 0.898. The number of rotatable bonds is 3. The molecule has 0 amide bonds. The van der Waals surface area contributed by atoms with E-state index in [1.165, 1.54) is 0 Å². The van der Waals surface area contributed by atoms with E-state index < -0.39 is 0 Å². The minimum absolute atomic E-state index is 0.548. The minimum atomic E-state index is 0.548. The Hall–Kier alpha value is -0.540. The van der Waals surface area contributed by atoms with Crippen molar-refractivity contribution in [3.8, 4) is 5.75 Å². The molecular weight excluding hydrogens is 218 g/mol. The summed E-state index contributed by atoms with van der Waals surface area (Å²) in [6.45, 7) is 3.13. The number of aryl methyl sites for hydroxylation is 1. The highest BCUT2D eigenvalue weighted by molar-refractivity contribution is 9.10. The van der Waals surface area contributed by atoms with E-state index in [0.717, 1.165) is 15.8 Å². The lowest BCUT2D eigenvalue weighted by Crippen LogP contribution is -2.11. The van der Waals surface area contributed by atoms with Gasteiger partial charge in [0.15, 0.2) is 0 Å². The van der Waals surface area contributed by atoms with Gasteiger partial charge in [-0.15, -0.1) is 0 Å². The van der Waals surface area contributed by atoms with Gasteiger partial charge >= 0.3 is 0 Å². The summed E-state index contributed by atoms with van der Waals surface area (Å²) in [4.78, 5) is 0. The third kappa shape index (κ3) is 2.50. The molecule has 1 rings (SSSR count). The van der Waals surface area contributed by atoms with Crippen LogP contribution in [-0.4, -0.2) is 13.2 Å². The molecule has 2 nitrogen and oxygen atoms in total. The van der Waals surface area contributed by atoms with Crippen molar-refractivity contribution in [2.24, 2.45) is 5.73 Å². The SMILES string of the molecule is Cc1ccc(Br)cc1OCCN. The molecule has 0 aliphatic heterocycles. The van der Waals surface area contributed by atoms with Crippen molar-refractivity contribution in [1.29, 1.82) is 0 Å². The fourth-order valence-electron chi connectivity index (χ4n) is 0.898. The molecule has 0 unspecified atom stereocenters. The van der Waals surface area contributed by atoms with Crippen LogP contribution in [0.4, 0.5) is 0 Å². The minimum Gasteiger partial charge on any atom is -0.492 e. The van der Waals surface area contributed by atoms with Crippen molar-refractivity contribution in [1.82, 2.24) is 0 Å². The smallest absolute Gasteiger partial charge is 0.123 e. The molecule has 1 aromatic rings. The molecule has 0 spiro atoms. The van der Waals surface area contributed by atoms with Crippen molar-refractivity contribution in [2.75, 3.05) is 13.2 Å². The molecular formula is C9H12BrNO. The van der Waals surface area contributed by atoms with Crippen LogP contribution in [0.25, 0.3) is 0 Å². The van der Waals surface area contributed by atoms with E-state index in [1.54, 1.807) is 0 Å². The summed E-state index contributed by atoms with van der Waals surface area (Å²) in [6.07, 6.45) is 0. The maximum absolute atomic E-state index is 5.41. The van der Waals surface area contributed by atoms with Gasteiger partial charge in [0.2, 0.25) is 0 Å². The van der Waals surface area contributed by atoms with E-state index in [-0.39, 0.29) is 0 Å². The molecule has 0 saturated heterocycles. The molecule has 12 heavy (non-hydrogen) atoms. The molecule has 66 valence electrons. The maximum Gasteiger partial charge on any atom is 0.123 e. The predicted molar refractivity (Wildman–Crippen MR) is 53.4 cm³/mol. The lowest BCUT2D eigenvalue weighted by molar-refractivity contribution is 0.326. The van der Waals surface area contributed by atoms with Crippen LogP contribution < -0.4 is 10.5 Å². The summed E-state index contributed by atoms with van der Waals surface area (Å²) in [5.41, 5.74) is 6.46. The number of ether oxygens (including phenoxy) is 1. The average molecular weight is 230 g/mol. The third-order valence-electron chi connectivity index (χ3n) is 1.53. The van der Waals surface area contributed by atoms with Crippen molar-refractivity contribution >= 4 is 15.9 Å². The van der Waals surface area contributed by atoms with Gasteiger partial charge in [0.05, 0.1) is 0 Å². The Morgan fingerprint density at radius 1 is 1.50 bits per heavy atom. The number of hydrogen-bond donors (Lipinski definition) is 1. The highest BCUT2D eigenvalue weighted by Gasteiger charge is 1.98. The maximum atomic E-state index is 5.41. The Bertz CT molecular complexity index is 263. The lowest BCUT2D eigenvalue weighted by atomic mass is 10.2. The predicted octanol–water partition coefficient (Wildman–Crippen LogP) is 2.10. The van der Waals surface area contributed by atoms with E-state index >= 15 is 0 Å². The van der Waals surface area contributed by atoms with Crippen LogP contribution in [0.5, 0.6) is 5.75 Å². The summed E-state index contributed by atoms with van der Waals surface area (Å²) in [5, 5.41) is 0. The zero-order valence-corrected chi connectivity index (χ0v) is 8.60. The van der Waals surface area contributed by atoms with Crippen molar-refractivity contribution in [2.45, 2.75) is 6.92 Å². The molecule has 0 aliphatic rings. The second-order valence-electron chi connectivity index (χ2n) is 2.55.